The summed E-state index contributed by atoms with van der Waals surface area (Å²) in [4.78, 5) is 18.6. The normalized spacial score (nSPS) is 19.6. The van der Waals surface area contributed by atoms with Crippen molar-refractivity contribution in [3.8, 4) is 0 Å². The summed E-state index contributed by atoms with van der Waals surface area (Å²) >= 11 is 0. The molecule has 0 radical (unpaired) electrons. The van der Waals surface area contributed by atoms with Gasteiger partial charge in [0.1, 0.15) is 0 Å². The number of hydrogen-bond donors (Lipinski definition) is 0. The van der Waals surface area contributed by atoms with Crippen LogP contribution in [-0.4, -0.2) is 46.3 Å². The van der Waals surface area contributed by atoms with E-state index in [-0.39, 0.29) is 23.5 Å². The van der Waals surface area contributed by atoms with Crippen molar-refractivity contribution in [2.24, 2.45) is 7.05 Å². The van der Waals surface area contributed by atoms with Crippen LogP contribution in [0.2, 0.25) is 0 Å². The van der Waals surface area contributed by atoms with Crippen LogP contribution >= 0.6 is 0 Å². The van der Waals surface area contributed by atoms with Gasteiger partial charge in [-0.3, -0.25) is 4.79 Å². The lowest BCUT2D eigenvalue weighted by molar-refractivity contribution is 0.0664. The zero-order valence-corrected chi connectivity index (χ0v) is 13.7. The molecule has 1 aliphatic rings. The van der Waals surface area contributed by atoms with Gasteiger partial charge < -0.3 is 9.47 Å². The van der Waals surface area contributed by atoms with E-state index in [1.54, 1.807) is 28.9 Å². The van der Waals surface area contributed by atoms with Gasteiger partial charge in [-0.15, -0.1) is 0 Å². The smallest absolute Gasteiger partial charge is 0.290 e. The third kappa shape index (κ3) is 3.44. The molecule has 7 heteroatoms. The minimum Gasteiger partial charge on any atom is -0.330 e. The van der Waals surface area contributed by atoms with Crippen molar-refractivity contribution in [3.05, 3.63) is 54.1 Å². The third-order valence-corrected chi connectivity index (χ3v) is 5.87. The first kappa shape index (κ1) is 15.7. The Balaban J connectivity index is 1.90. The molecule has 23 heavy (non-hydrogen) atoms. The second kappa shape index (κ2) is 6.16. The van der Waals surface area contributed by atoms with Gasteiger partial charge >= 0.3 is 0 Å². The lowest BCUT2D eigenvalue weighted by Gasteiger charge is -2.28. The van der Waals surface area contributed by atoms with Gasteiger partial charge in [0.2, 0.25) is 0 Å². The van der Waals surface area contributed by atoms with Crippen LogP contribution in [0.15, 0.2) is 42.7 Å². The van der Waals surface area contributed by atoms with Crippen molar-refractivity contribution < 1.29 is 13.2 Å². The number of nitrogens with zero attached hydrogens (tertiary/aromatic N) is 3. The molecule has 122 valence electrons. The van der Waals surface area contributed by atoms with E-state index >= 15 is 0 Å². The number of carbonyl (C=O) groups is 1. The molecule has 2 heterocycles. The molecule has 1 saturated heterocycles. The quantitative estimate of drug-likeness (QED) is 0.844. The van der Waals surface area contributed by atoms with Gasteiger partial charge in [0, 0.05) is 32.0 Å². The number of imidazole rings is 1. The highest BCUT2D eigenvalue weighted by Crippen LogP contribution is 2.22. The predicted molar refractivity (Wildman–Crippen MR) is 86.6 cm³/mol. The topological polar surface area (TPSA) is 72.3 Å². The summed E-state index contributed by atoms with van der Waals surface area (Å²) in [6.45, 7) is 0.382. The Morgan fingerprint density at radius 3 is 2.65 bits per heavy atom. The Kier molecular flexibility index (Phi) is 4.21. The molecule has 0 bridgehead atoms. The molecule has 1 aromatic heterocycles. The van der Waals surface area contributed by atoms with Crippen LogP contribution < -0.4 is 0 Å². The molecule has 1 aliphatic heterocycles. The Morgan fingerprint density at radius 2 is 2.09 bits per heavy atom. The molecule has 1 aromatic carbocycles. The number of carbonyl (C=O) groups excluding carboxylic acids is 1. The van der Waals surface area contributed by atoms with Crippen molar-refractivity contribution in [3.63, 3.8) is 0 Å². The minimum atomic E-state index is -3.07. The van der Waals surface area contributed by atoms with Crippen LogP contribution in [0.4, 0.5) is 0 Å². The fourth-order valence-electron chi connectivity index (χ4n) is 2.87. The molecule has 6 nitrogen and oxygen atoms in total. The van der Waals surface area contributed by atoms with E-state index in [0.717, 1.165) is 5.56 Å². The molecule has 0 aliphatic carbocycles. The summed E-state index contributed by atoms with van der Waals surface area (Å²) in [6.07, 6.45) is 3.75. The SMILES string of the molecule is Cn1ccnc1C(=O)N(Cc1ccccc1)C1CCS(=O)(=O)C1. The average Bonchev–Trinajstić information content (AvgIpc) is 3.10. The van der Waals surface area contributed by atoms with Crippen molar-refractivity contribution in [2.75, 3.05) is 11.5 Å². The van der Waals surface area contributed by atoms with E-state index in [1.165, 1.54) is 0 Å². The molecule has 0 N–H and O–H groups in total. The van der Waals surface area contributed by atoms with E-state index in [9.17, 15) is 13.2 Å². The van der Waals surface area contributed by atoms with Crippen LogP contribution in [0.5, 0.6) is 0 Å². The van der Waals surface area contributed by atoms with Crippen molar-refractivity contribution >= 4 is 15.7 Å². The van der Waals surface area contributed by atoms with E-state index < -0.39 is 9.84 Å². The second-order valence-electron chi connectivity index (χ2n) is 5.84. The largest absolute Gasteiger partial charge is 0.330 e. The summed E-state index contributed by atoms with van der Waals surface area (Å²) < 4.78 is 25.3. The van der Waals surface area contributed by atoms with Gasteiger partial charge in [0.05, 0.1) is 11.5 Å². The van der Waals surface area contributed by atoms with E-state index in [0.29, 0.717) is 18.8 Å². The zero-order valence-electron chi connectivity index (χ0n) is 12.9. The molecule has 1 unspecified atom stereocenters. The van der Waals surface area contributed by atoms with Crippen LogP contribution in [0, 0.1) is 0 Å². The van der Waals surface area contributed by atoms with Gasteiger partial charge in [-0.2, -0.15) is 0 Å². The monoisotopic (exact) mass is 333 g/mol. The molecule has 3 rings (SSSR count). The van der Waals surface area contributed by atoms with E-state index in [4.69, 9.17) is 0 Å². The van der Waals surface area contributed by atoms with Gasteiger partial charge in [0.15, 0.2) is 15.7 Å². The molecule has 2 aromatic rings. The van der Waals surface area contributed by atoms with E-state index in [1.807, 2.05) is 30.3 Å². The Morgan fingerprint density at radius 1 is 1.35 bits per heavy atom. The second-order valence-corrected chi connectivity index (χ2v) is 8.07. The Hall–Kier alpha value is -2.15. The van der Waals surface area contributed by atoms with Crippen molar-refractivity contribution in [2.45, 2.75) is 19.0 Å². The first-order chi connectivity index (χ1) is 11.0. The van der Waals surface area contributed by atoms with Crippen molar-refractivity contribution in [1.82, 2.24) is 14.5 Å². The molecular weight excluding hydrogens is 314 g/mol. The van der Waals surface area contributed by atoms with Gasteiger partial charge in [-0.1, -0.05) is 30.3 Å². The zero-order chi connectivity index (χ0) is 16.4. The molecule has 1 amide bonds. The van der Waals surface area contributed by atoms with Crippen LogP contribution in [0.1, 0.15) is 22.6 Å². The number of aromatic nitrogens is 2. The van der Waals surface area contributed by atoms with Gasteiger partial charge in [-0.05, 0) is 12.0 Å². The summed E-state index contributed by atoms with van der Waals surface area (Å²) in [7, 11) is -1.31. The first-order valence-corrected chi connectivity index (χ1v) is 9.31. The lowest BCUT2D eigenvalue weighted by Crippen LogP contribution is -2.41. The Labute approximate surface area is 135 Å². The summed E-state index contributed by atoms with van der Waals surface area (Å²) in [5.74, 6) is 0.251. The average molecular weight is 333 g/mol. The molecular formula is C16H19N3O3S. The highest BCUT2D eigenvalue weighted by atomic mass is 32.2. The van der Waals surface area contributed by atoms with Crippen LogP contribution in [0.25, 0.3) is 0 Å². The first-order valence-electron chi connectivity index (χ1n) is 7.49. The van der Waals surface area contributed by atoms with Crippen LogP contribution in [-0.2, 0) is 23.4 Å². The third-order valence-electron chi connectivity index (χ3n) is 4.12. The number of hydrogen-bond acceptors (Lipinski definition) is 4. The molecule has 1 atom stereocenters. The fraction of sp³-hybridized carbons (Fsp3) is 0.375. The number of benzene rings is 1. The maximum absolute atomic E-state index is 12.9. The number of amides is 1. The molecule has 0 saturated carbocycles. The summed E-state index contributed by atoms with van der Waals surface area (Å²) in [5, 5.41) is 0. The fourth-order valence-corrected chi connectivity index (χ4v) is 4.60. The maximum atomic E-state index is 12.9. The van der Waals surface area contributed by atoms with Gasteiger partial charge in [-0.25, -0.2) is 13.4 Å². The van der Waals surface area contributed by atoms with Crippen LogP contribution in [0.3, 0.4) is 0 Å². The Bertz CT molecular complexity index is 799. The van der Waals surface area contributed by atoms with E-state index in [2.05, 4.69) is 4.98 Å². The number of rotatable bonds is 4. The number of sulfone groups is 1. The predicted octanol–water partition coefficient (Wildman–Crippen LogP) is 1.25. The standard InChI is InChI=1S/C16H19N3O3S/c1-18-9-8-17-15(18)16(20)19(11-13-5-3-2-4-6-13)14-7-10-23(21,22)12-14/h2-6,8-9,14H,7,10-12H2,1H3. The minimum absolute atomic E-state index is 0.0238. The summed E-state index contributed by atoms with van der Waals surface area (Å²) in [5.41, 5.74) is 0.972. The molecule has 1 fully saturated rings. The molecule has 0 spiro atoms. The number of aryl methyl sites for hydroxylation is 1. The maximum Gasteiger partial charge on any atom is 0.290 e. The van der Waals surface area contributed by atoms with Gasteiger partial charge in [0.25, 0.3) is 5.91 Å². The lowest BCUT2D eigenvalue weighted by atomic mass is 10.1. The van der Waals surface area contributed by atoms with Crippen molar-refractivity contribution in [1.29, 1.82) is 0 Å². The highest BCUT2D eigenvalue weighted by molar-refractivity contribution is 7.91. The highest BCUT2D eigenvalue weighted by Gasteiger charge is 2.36. The summed E-state index contributed by atoms with van der Waals surface area (Å²) in [6, 6.07) is 9.29.